The van der Waals surface area contributed by atoms with E-state index >= 15 is 0 Å². The number of methoxy groups -OCH3 is 1. The molecule has 6 nitrogen and oxygen atoms in total. The summed E-state index contributed by atoms with van der Waals surface area (Å²) < 4.78 is 13.0. The standard InChI is InChI=1S/C22H18N2O4S2/c1-13-8-9-14(2)23(13)24-20(25)19(30-22(24)29)12-15-10-11-18(28-15)16-6-4-5-7-17(16)21(26)27-3/h4-12H,1-3H3/b19-12-. The summed E-state index contributed by atoms with van der Waals surface area (Å²) in [6.45, 7) is 3.85. The van der Waals surface area contributed by atoms with E-state index < -0.39 is 5.97 Å². The summed E-state index contributed by atoms with van der Waals surface area (Å²) in [6, 6.07) is 14.4. The molecular weight excluding hydrogens is 420 g/mol. The van der Waals surface area contributed by atoms with Crippen LogP contribution in [0.5, 0.6) is 0 Å². The van der Waals surface area contributed by atoms with Gasteiger partial charge in [0.2, 0.25) is 0 Å². The van der Waals surface area contributed by atoms with Gasteiger partial charge in [0, 0.05) is 23.0 Å². The number of aryl methyl sites for hydroxylation is 2. The van der Waals surface area contributed by atoms with Gasteiger partial charge in [0.15, 0.2) is 4.32 Å². The van der Waals surface area contributed by atoms with Gasteiger partial charge in [0.05, 0.1) is 17.6 Å². The van der Waals surface area contributed by atoms with Crippen molar-refractivity contribution < 1.29 is 18.7 Å². The number of aromatic nitrogens is 1. The summed E-state index contributed by atoms with van der Waals surface area (Å²) in [6.07, 6.45) is 1.66. The van der Waals surface area contributed by atoms with Gasteiger partial charge in [-0.25, -0.2) is 4.79 Å². The largest absolute Gasteiger partial charge is 0.465 e. The number of benzene rings is 1. The van der Waals surface area contributed by atoms with Crippen molar-refractivity contribution >= 4 is 46.3 Å². The molecule has 1 fully saturated rings. The van der Waals surface area contributed by atoms with Crippen molar-refractivity contribution in [1.29, 1.82) is 0 Å². The van der Waals surface area contributed by atoms with Crippen molar-refractivity contribution in [2.75, 3.05) is 12.1 Å². The Morgan fingerprint density at radius 3 is 2.50 bits per heavy atom. The lowest BCUT2D eigenvalue weighted by atomic mass is 10.1. The first-order chi connectivity index (χ1) is 14.4. The molecule has 1 aliphatic rings. The number of amides is 1. The zero-order valence-electron chi connectivity index (χ0n) is 16.5. The van der Waals surface area contributed by atoms with E-state index in [4.69, 9.17) is 21.4 Å². The molecule has 3 heterocycles. The third-order valence-corrected chi connectivity index (χ3v) is 5.99. The van der Waals surface area contributed by atoms with Crippen molar-refractivity contribution in [3.05, 3.63) is 76.1 Å². The molecule has 2 aromatic heterocycles. The lowest BCUT2D eigenvalue weighted by molar-refractivity contribution is -0.114. The second kappa shape index (κ2) is 7.97. The summed E-state index contributed by atoms with van der Waals surface area (Å²) in [4.78, 5) is 25.5. The molecule has 0 unspecified atom stereocenters. The van der Waals surface area contributed by atoms with Crippen LogP contribution < -0.4 is 5.01 Å². The van der Waals surface area contributed by atoms with Gasteiger partial charge < -0.3 is 9.15 Å². The summed E-state index contributed by atoms with van der Waals surface area (Å²) in [7, 11) is 1.34. The van der Waals surface area contributed by atoms with Crippen LogP contribution in [0.4, 0.5) is 0 Å². The fourth-order valence-corrected chi connectivity index (χ4v) is 4.52. The molecule has 3 aromatic rings. The van der Waals surface area contributed by atoms with Gasteiger partial charge in [0.25, 0.3) is 5.91 Å². The molecule has 0 saturated carbocycles. The maximum atomic E-state index is 13.0. The van der Waals surface area contributed by atoms with Gasteiger partial charge in [-0.05, 0) is 56.4 Å². The second-order valence-electron chi connectivity index (χ2n) is 6.66. The van der Waals surface area contributed by atoms with Crippen LogP contribution in [0.1, 0.15) is 27.5 Å². The van der Waals surface area contributed by atoms with E-state index in [2.05, 4.69) is 0 Å². The normalized spacial score (nSPS) is 15.3. The molecule has 0 aliphatic carbocycles. The van der Waals surface area contributed by atoms with Crippen molar-refractivity contribution in [3.8, 4) is 11.3 Å². The molecule has 30 heavy (non-hydrogen) atoms. The average molecular weight is 439 g/mol. The van der Waals surface area contributed by atoms with Crippen LogP contribution >= 0.6 is 24.0 Å². The third-order valence-electron chi connectivity index (χ3n) is 4.71. The summed E-state index contributed by atoms with van der Waals surface area (Å²) >= 11 is 6.67. The van der Waals surface area contributed by atoms with Crippen LogP contribution in [0.3, 0.4) is 0 Å². The van der Waals surface area contributed by atoms with Crippen LogP contribution in [-0.2, 0) is 9.53 Å². The number of rotatable bonds is 4. The molecule has 4 rings (SSSR count). The minimum Gasteiger partial charge on any atom is -0.465 e. The molecule has 0 bridgehead atoms. The summed E-state index contributed by atoms with van der Waals surface area (Å²) in [5.74, 6) is 0.350. The number of hydrogen-bond acceptors (Lipinski definition) is 6. The zero-order chi connectivity index (χ0) is 21.4. The lowest BCUT2D eigenvalue weighted by Crippen LogP contribution is -2.39. The Labute approximate surface area is 183 Å². The van der Waals surface area contributed by atoms with E-state index in [0.29, 0.717) is 31.9 Å². The summed E-state index contributed by atoms with van der Waals surface area (Å²) in [5, 5.41) is 1.49. The number of nitrogens with zero attached hydrogens (tertiary/aromatic N) is 2. The molecule has 0 N–H and O–H groups in total. The smallest absolute Gasteiger partial charge is 0.338 e. The SMILES string of the molecule is COC(=O)c1ccccc1-c1ccc(/C=C2\SC(=S)N(n3c(C)ccc3C)C2=O)o1. The topological polar surface area (TPSA) is 64.7 Å². The minimum atomic E-state index is -0.443. The Balaban J connectivity index is 1.65. The molecule has 152 valence electrons. The number of thiocarbonyl (C=S) groups is 1. The molecule has 8 heteroatoms. The molecule has 0 atom stereocenters. The van der Waals surface area contributed by atoms with Gasteiger partial charge in [-0.3, -0.25) is 9.47 Å². The predicted molar refractivity (Wildman–Crippen MR) is 121 cm³/mol. The molecular formula is C22H18N2O4S2. The number of furan rings is 1. The van der Waals surface area contributed by atoms with Crippen molar-refractivity contribution in [3.63, 3.8) is 0 Å². The molecule has 0 spiro atoms. The first-order valence-corrected chi connectivity index (χ1v) is 10.3. The maximum Gasteiger partial charge on any atom is 0.338 e. The Hall–Kier alpha value is -3.10. The number of ether oxygens (including phenoxy) is 1. The maximum absolute atomic E-state index is 13.0. The Morgan fingerprint density at radius 1 is 1.10 bits per heavy atom. The lowest BCUT2D eigenvalue weighted by Gasteiger charge is -2.20. The van der Waals surface area contributed by atoms with Crippen LogP contribution in [-0.4, -0.2) is 28.0 Å². The highest BCUT2D eigenvalue weighted by atomic mass is 32.2. The minimum absolute atomic E-state index is 0.208. The fourth-order valence-electron chi connectivity index (χ4n) is 3.30. The van der Waals surface area contributed by atoms with Gasteiger partial charge >= 0.3 is 5.97 Å². The van der Waals surface area contributed by atoms with Crippen molar-refractivity contribution in [1.82, 2.24) is 4.68 Å². The summed E-state index contributed by atoms with van der Waals surface area (Å²) in [5.41, 5.74) is 2.87. The average Bonchev–Trinajstić information content (AvgIpc) is 3.41. The van der Waals surface area contributed by atoms with Gasteiger partial charge in [-0.1, -0.05) is 30.0 Å². The molecule has 1 aliphatic heterocycles. The molecule has 1 amide bonds. The molecule has 0 radical (unpaired) electrons. The highest BCUT2D eigenvalue weighted by Crippen LogP contribution is 2.34. The number of hydrogen-bond donors (Lipinski definition) is 0. The highest BCUT2D eigenvalue weighted by molar-refractivity contribution is 8.27. The monoisotopic (exact) mass is 438 g/mol. The van der Waals surface area contributed by atoms with Crippen LogP contribution in [0.25, 0.3) is 17.4 Å². The number of esters is 1. The number of thioether (sulfide) groups is 1. The van der Waals surface area contributed by atoms with E-state index in [1.54, 1.807) is 41.1 Å². The van der Waals surface area contributed by atoms with Crippen molar-refractivity contribution in [2.45, 2.75) is 13.8 Å². The second-order valence-corrected chi connectivity index (χ2v) is 8.34. The highest BCUT2D eigenvalue weighted by Gasteiger charge is 2.35. The van der Waals surface area contributed by atoms with E-state index in [-0.39, 0.29) is 5.91 Å². The number of carbonyl (C=O) groups is 2. The third kappa shape index (κ3) is 3.48. The van der Waals surface area contributed by atoms with E-state index in [0.717, 1.165) is 11.4 Å². The first-order valence-electron chi connectivity index (χ1n) is 9.11. The van der Waals surface area contributed by atoms with E-state index in [9.17, 15) is 9.59 Å². The van der Waals surface area contributed by atoms with Crippen LogP contribution in [0.15, 0.2) is 57.9 Å². The Kier molecular flexibility index (Phi) is 5.36. The van der Waals surface area contributed by atoms with Crippen LogP contribution in [0.2, 0.25) is 0 Å². The van der Waals surface area contributed by atoms with Crippen molar-refractivity contribution in [2.24, 2.45) is 0 Å². The van der Waals surface area contributed by atoms with Gasteiger partial charge in [-0.2, -0.15) is 5.01 Å². The first kappa shape index (κ1) is 20.2. The van der Waals surface area contributed by atoms with Gasteiger partial charge in [0.1, 0.15) is 11.5 Å². The quantitative estimate of drug-likeness (QED) is 0.335. The Morgan fingerprint density at radius 2 is 1.80 bits per heavy atom. The fraction of sp³-hybridized carbons (Fsp3) is 0.136. The zero-order valence-corrected chi connectivity index (χ0v) is 18.2. The molecule has 1 saturated heterocycles. The van der Waals surface area contributed by atoms with Crippen LogP contribution in [0, 0.1) is 13.8 Å². The number of carbonyl (C=O) groups excluding carboxylic acids is 2. The van der Waals surface area contributed by atoms with E-state index in [1.807, 2.05) is 32.0 Å². The van der Waals surface area contributed by atoms with E-state index in [1.165, 1.54) is 23.9 Å². The molecule has 1 aromatic carbocycles. The predicted octanol–water partition coefficient (Wildman–Crippen LogP) is 4.69. The Bertz CT molecular complexity index is 1190. The van der Waals surface area contributed by atoms with Gasteiger partial charge in [-0.15, -0.1) is 0 Å².